The summed E-state index contributed by atoms with van der Waals surface area (Å²) in [6.45, 7) is 0. The van der Waals surface area contributed by atoms with Gasteiger partial charge in [0.15, 0.2) is 0 Å². The van der Waals surface area contributed by atoms with Crippen molar-refractivity contribution in [1.82, 2.24) is 0 Å². The summed E-state index contributed by atoms with van der Waals surface area (Å²) in [4.78, 5) is 12.3. The molecule has 1 N–H and O–H groups in total. The molecule has 10 heteroatoms. The molecule has 158 valence electrons. The van der Waals surface area contributed by atoms with Gasteiger partial charge in [0.25, 0.3) is 10.0 Å². The van der Waals surface area contributed by atoms with Gasteiger partial charge in [0.05, 0.1) is 36.1 Å². The lowest BCUT2D eigenvalue weighted by molar-refractivity contribution is 0.0717. The van der Waals surface area contributed by atoms with E-state index in [1.54, 1.807) is 42.5 Å². The van der Waals surface area contributed by atoms with Gasteiger partial charge >= 0.3 is 5.97 Å². The summed E-state index contributed by atoms with van der Waals surface area (Å²) < 4.78 is 32.9. The van der Waals surface area contributed by atoms with E-state index in [2.05, 4.69) is 4.72 Å². The standard InChI is InChI=1S/C21H11Cl4NO4S/c22-17-15-14(30-21(27)16(15)18(23)20(25)19(17)24)10-11-6-8-13(9-7-11)31(28,29)26-12-4-2-1-3-5-12/h1-10,26H/b14-10-. The predicted octanol–water partition coefficient (Wildman–Crippen LogP) is 6.77. The maximum Gasteiger partial charge on any atom is 0.345 e. The van der Waals surface area contributed by atoms with Crippen molar-refractivity contribution in [3.8, 4) is 0 Å². The number of ether oxygens (including phenoxy) is 1. The number of halogens is 4. The number of hydrogen-bond donors (Lipinski definition) is 1. The highest BCUT2D eigenvalue weighted by molar-refractivity contribution is 7.92. The van der Waals surface area contributed by atoms with E-state index in [-0.39, 0.29) is 41.9 Å². The molecule has 1 heterocycles. The molecule has 5 nitrogen and oxygen atoms in total. The van der Waals surface area contributed by atoms with Crippen LogP contribution in [0.2, 0.25) is 20.1 Å². The number of para-hydroxylation sites is 1. The molecule has 0 spiro atoms. The van der Waals surface area contributed by atoms with E-state index in [1.165, 1.54) is 18.2 Å². The molecule has 0 fully saturated rings. The smallest absolute Gasteiger partial charge is 0.345 e. The number of carbonyl (C=O) groups is 1. The van der Waals surface area contributed by atoms with E-state index in [0.717, 1.165) is 0 Å². The molecule has 0 radical (unpaired) electrons. The number of cyclic esters (lactones) is 1. The van der Waals surface area contributed by atoms with Crippen LogP contribution in [0.5, 0.6) is 0 Å². The summed E-state index contributed by atoms with van der Waals surface area (Å²) in [5, 5.41) is -0.0437. The monoisotopic (exact) mass is 513 g/mol. The summed E-state index contributed by atoms with van der Waals surface area (Å²) in [5.74, 6) is -0.582. The first kappa shape index (κ1) is 22.0. The van der Waals surface area contributed by atoms with Gasteiger partial charge in [-0.1, -0.05) is 76.7 Å². The highest BCUT2D eigenvalue weighted by Gasteiger charge is 2.35. The van der Waals surface area contributed by atoms with E-state index < -0.39 is 16.0 Å². The number of anilines is 1. The molecule has 0 aliphatic carbocycles. The second kappa shape index (κ2) is 8.37. The highest BCUT2D eigenvalue weighted by Crippen LogP contribution is 2.48. The average Bonchev–Trinajstić information content (AvgIpc) is 3.07. The normalized spacial score (nSPS) is 14.5. The molecule has 0 atom stereocenters. The number of sulfonamides is 1. The molecular weight excluding hydrogens is 504 g/mol. The zero-order chi connectivity index (χ0) is 22.3. The van der Waals surface area contributed by atoms with Crippen LogP contribution in [0.15, 0.2) is 59.5 Å². The first-order chi connectivity index (χ1) is 14.7. The molecular formula is C21H11Cl4NO4S. The molecule has 0 saturated heterocycles. The third-order valence-electron chi connectivity index (χ3n) is 4.43. The van der Waals surface area contributed by atoms with Gasteiger partial charge in [0.2, 0.25) is 0 Å². The number of nitrogens with one attached hydrogen (secondary N) is 1. The van der Waals surface area contributed by atoms with E-state index in [0.29, 0.717) is 11.3 Å². The molecule has 0 aromatic heterocycles. The Morgan fingerprint density at radius 1 is 0.774 bits per heavy atom. The van der Waals surface area contributed by atoms with Gasteiger partial charge in [-0.3, -0.25) is 4.72 Å². The summed E-state index contributed by atoms with van der Waals surface area (Å²) in [7, 11) is -3.76. The molecule has 0 unspecified atom stereocenters. The Morgan fingerprint density at radius 2 is 1.35 bits per heavy atom. The Morgan fingerprint density at radius 3 is 1.97 bits per heavy atom. The highest BCUT2D eigenvalue weighted by atomic mass is 35.5. The molecule has 1 aliphatic heterocycles. The molecule has 4 rings (SSSR count). The zero-order valence-corrected chi connectivity index (χ0v) is 19.2. The third kappa shape index (κ3) is 4.14. The van der Waals surface area contributed by atoms with Crippen LogP contribution >= 0.6 is 46.4 Å². The van der Waals surface area contributed by atoms with Crippen LogP contribution in [-0.4, -0.2) is 14.4 Å². The summed E-state index contributed by atoms with van der Waals surface area (Å²) >= 11 is 24.5. The second-order valence-corrected chi connectivity index (χ2v) is 9.64. The third-order valence-corrected chi connectivity index (χ3v) is 7.63. The largest absolute Gasteiger partial charge is 0.422 e. The van der Waals surface area contributed by atoms with Crippen LogP contribution in [0, 0.1) is 0 Å². The lowest BCUT2D eigenvalue weighted by Crippen LogP contribution is -2.12. The topological polar surface area (TPSA) is 72.5 Å². The number of fused-ring (bicyclic) bond motifs is 1. The van der Waals surface area contributed by atoms with Gasteiger partial charge in [-0.25, -0.2) is 13.2 Å². The average molecular weight is 515 g/mol. The molecule has 31 heavy (non-hydrogen) atoms. The van der Waals surface area contributed by atoms with E-state index >= 15 is 0 Å². The second-order valence-electron chi connectivity index (χ2n) is 6.44. The van der Waals surface area contributed by atoms with Crippen molar-refractivity contribution in [1.29, 1.82) is 0 Å². The van der Waals surface area contributed by atoms with Gasteiger partial charge < -0.3 is 4.74 Å². The number of hydrogen-bond acceptors (Lipinski definition) is 4. The summed E-state index contributed by atoms with van der Waals surface area (Å²) in [6.07, 6.45) is 1.52. The maximum absolute atomic E-state index is 12.6. The van der Waals surface area contributed by atoms with Crippen molar-refractivity contribution in [2.75, 3.05) is 4.72 Å². The first-order valence-corrected chi connectivity index (χ1v) is 11.7. The van der Waals surface area contributed by atoms with Gasteiger partial charge in [-0.2, -0.15) is 0 Å². The van der Waals surface area contributed by atoms with E-state index in [4.69, 9.17) is 51.1 Å². The van der Waals surface area contributed by atoms with E-state index in [9.17, 15) is 13.2 Å². The fourth-order valence-corrected chi connectivity index (χ4v) is 5.05. The molecule has 0 bridgehead atoms. The number of rotatable bonds is 4. The Labute approximate surface area is 198 Å². The minimum Gasteiger partial charge on any atom is -0.422 e. The van der Waals surface area contributed by atoms with Crippen LogP contribution in [0.3, 0.4) is 0 Å². The van der Waals surface area contributed by atoms with Gasteiger partial charge in [0.1, 0.15) is 5.76 Å². The minimum atomic E-state index is -3.76. The van der Waals surface area contributed by atoms with Crippen LogP contribution in [0.25, 0.3) is 11.8 Å². The summed E-state index contributed by atoms with van der Waals surface area (Å²) in [5.41, 5.74) is 1.27. The Balaban J connectivity index is 1.67. The lowest BCUT2D eigenvalue weighted by Gasteiger charge is -2.09. The number of carbonyl (C=O) groups excluding carboxylic acids is 1. The van der Waals surface area contributed by atoms with Crippen molar-refractivity contribution in [2.45, 2.75) is 4.90 Å². The van der Waals surface area contributed by atoms with Crippen LogP contribution in [-0.2, 0) is 14.8 Å². The van der Waals surface area contributed by atoms with Gasteiger partial charge in [0, 0.05) is 5.69 Å². The fraction of sp³-hybridized carbons (Fsp3) is 0. The van der Waals surface area contributed by atoms with Crippen LogP contribution < -0.4 is 4.72 Å². The molecule has 0 amide bonds. The Kier molecular flexibility index (Phi) is 5.94. The lowest BCUT2D eigenvalue weighted by atomic mass is 10.1. The van der Waals surface area contributed by atoms with Gasteiger partial charge in [-0.15, -0.1) is 0 Å². The molecule has 1 aliphatic rings. The van der Waals surface area contributed by atoms with Crippen LogP contribution in [0.4, 0.5) is 5.69 Å². The quantitative estimate of drug-likeness (QED) is 0.237. The number of benzene rings is 3. The van der Waals surface area contributed by atoms with Crippen LogP contribution in [0.1, 0.15) is 21.5 Å². The van der Waals surface area contributed by atoms with E-state index in [1.807, 2.05) is 0 Å². The SMILES string of the molecule is O=C1O/C(=C\c2ccc(S(=O)(=O)Nc3ccccc3)cc2)c2c(Cl)c(Cl)c(Cl)c(Cl)c21. The molecule has 0 saturated carbocycles. The molecule has 3 aromatic carbocycles. The zero-order valence-electron chi connectivity index (χ0n) is 15.3. The molecule has 3 aromatic rings. The minimum absolute atomic E-state index is 0.00436. The van der Waals surface area contributed by atoms with Crippen molar-refractivity contribution in [3.05, 3.63) is 91.4 Å². The van der Waals surface area contributed by atoms with Crippen molar-refractivity contribution in [3.63, 3.8) is 0 Å². The van der Waals surface area contributed by atoms with Gasteiger partial charge in [-0.05, 0) is 35.9 Å². The summed E-state index contributed by atoms with van der Waals surface area (Å²) in [6, 6.07) is 14.5. The number of esters is 1. The van der Waals surface area contributed by atoms with Crippen molar-refractivity contribution in [2.24, 2.45) is 0 Å². The maximum atomic E-state index is 12.6. The Hall–Kier alpha value is -2.22. The Bertz CT molecular complexity index is 1340. The fourth-order valence-electron chi connectivity index (χ4n) is 2.97. The predicted molar refractivity (Wildman–Crippen MR) is 123 cm³/mol. The first-order valence-electron chi connectivity index (χ1n) is 8.67. The van der Waals surface area contributed by atoms with Crippen molar-refractivity contribution < 1.29 is 17.9 Å². The van der Waals surface area contributed by atoms with Crippen molar-refractivity contribution >= 4 is 79.9 Å².